The largest absolute Gasteiger partial charge is 0.497 e. The normalized spacial score (nSPS) is 10.6. The zero-order valence-corrected chi connectivity index (χ0v) is 16.5. The van der Waals surface area contributed by atoms with Crippen molar-refractivity contribution < 1.29 is 18.7 Å². The van der Waals surface area contributed by atoms with Gasteiger partial charge in [0.25, 0.3) is 0 Å². The summed E-state index contributed by atoms with van der Waals surface area (Å²) in [6.45, 7) is 0. The highest BCUT2D eigenvalue weighted by molar-refractivity contribution is 6.07. The number of carbonyl (C=O) groups is 1. The molecule has 0 unspecified atom stereocenters. The van der Waals surface area contributed by atoms with E-state index in [9.17, 15) is 9.18 Å². The molecule has 150 valence electrons. The number of ketones is 1. The Balaban J connectivity index is 1.65. The lowest BCUT2D eigenvalue weighted by molar-refractivity contribution is 0.103. The summed E-state index contributed by atoms with van der Waals surface area (Å²) < 4.78 is 26.2. The number of para-hydroxylation sites is 1. The Hall–Kier alpha value is -3.93. The van der Waals surface area contributed by atoms with Crippen molar-refractivity contribution in [3.63, 3.8) is 0 Å². The third-order valence-electron chi connectivity index (χ3n) is 4.79. The topological polar surface area (TPSA) is 53.4 Å². The first-order valence-corrected chi connectivity index (χ1v) is 9.27. The quantitative estimate of drug-likeness (QED) is 0.429. The van der Waals surface area contributed by atoms with Gasteiger partial charge in [-0.2, -0.15) is 0 Å². The van der Waals surface area contributed by atoms with Gasteiger partial charge in [0, 0.05) is 23.0 Å². The number of benzene rings is 3. The molecule has 0 spiro atoms. The average Bonchev–Trinajstić information content (AvgIpc) is 3.29. The Labute approximate surface area is 173 Å². The summed E-state index contributed by atoms with van der Waals surface area (Å²) in [6, 6.07) is 19.2. The number of halogens is 1. The van der Waals surface area contributed by atoms with Crippen LogP contribution in [-0.4, -0.2) is 29.6 Å². The number of ether oxygens (including phenoxy) is 2. The van der Waals surface area contributed by atoms with Gasteiger partial charge in [0.05, 0.1) is 14.2 Å². The third kappa shape index (κ3) is 3.67. The Morgan fingerprint density at radius 3 is 2.47 bits per heavy atom. The van der Waals surface area contributed by atoms with E-state index in [-0.39, 0.29) is 11.5 Å². The van der Waals surface area contributed by atoms with Crippen LogP contribution in [0.3, 0.4) is 0 Å². The first-order valence-electron chi connectivity index (χ1n) is 9.27. The van der Waals surface area contributed by atoms with Crippen LogP contribution in [0, 0.1) is 5.82 Å². The smallest absolute Gasteiger partial charge is 0.212 e. The minimum atomic E-state index is -0.421. The molecule has 0 aliphatic heterocycles. The molecule has 0 aliphatic carbocycles. The monoisotopic (exact) mass is 402 g/mol. The van der Waals surface area contributed by atoms with Crippen molar-refractivity contribution in [2.75, 3.05) is 14.2 Å². The maximum atomic E-state index is 14.1. The summed E-state index contributed by atoms with van der Waals surface area (Å²) in [7, 11) is 3.02. The number of aromatic nitrogens is 2. The molecule has 0 fully saturated rings. The van der Waals surface area contributed by atoms with Gasteiger partial charge in [0.2, 0.25) is 5.78 Å². The lowest BCUT2D eigenvalue weighted by Crippen LogP contribution is -2.01. The number of rotatable bonds is 6. The van der Waals surface area contributed by atoms with Crippen molar-refractivity contribution in [3.8, 4) is 28.3 Å². The number of carbonyl (C=O) groups excluding carboxylic acids is 1. The standard InChI is InChI=1S/C24H19FN2O3/c1-29-19-11-9-16(10-12-19)23(28)22-14-27(15-26-22)18-6-3-5-17(13-18)20-7-4-8-21(25)24(20)30-2/h3-15H,1-2H3. The van der Waals surface area contributed by atoms with Crippen molar-refractivity contribution >= 4 is 5.78 Å². The minimum Gasteiger partial charge on any atom is -0.497 e. The van der Waals surface area contributed by atoms with Gasteiger partial charge >= 0.3 is 0 Å². The fourth-order valence-electron chi connectivity index (χ4n) is 3.25. The van der Waals surface area contributed by atoms with Gasteiger partial charge < -0.3 is 14.0 Å². The molecular weight excluding hydrogens is 383 g/mol. The Bertz CT molecular complexity index is 1200. The van der Waals surface area contributed by atoms with Gasteiger partial charge in [-0.05, 0) is 48.0 Å². The van der Waals surface area contributed by atoms with E-state index in [1.54, 1.807) is 60.6 Å². The molecule has 1 aromatic heterocycles. The molecular formula is C24H19FN2O3. The predicted octanol–water partition coefficient (Wildman–Crippen LogP) is 4.93. The van der Waals surface area contributed by atoms with Crippen molar-refractivity contribution in [2.24, 2.45) is 0 Å². The van der Waals surface area contributed by atoms with E-state index in [0.29, 0.717) is 22.6 Å². The fraction of sp³-hybridized carbons (Fsp3) is 0.0833. The summed E-state index contributed by atoms with van der Waals surface area (Å²) in [4.78, 5) is 17.0. The molecule has 3 aromatic carbocycles. The second kappa shape index (κ2) is 8.21. The molecule has 0 bridgehead atoms. The second-order valence-electron chi connectivity index (χ2n) is 6.59. The first-order chi connectivity index (χ1) is 14.6. The molecule has 6 heteroatoms. The maximum Gasteiger partial charge on any atom is 0.212 e. The van der Waals surface area contributed by atoms with E-state index in [0.717, 1.165) is 11.3 Å². The summed E-state index contributed by atoms with van der Waals surface area (Å²) >= 11 is 0. The number of nitrogens with zero attached hydrogens (tertiary/aromatic N) is 2. The van der Waals surface area contributed by atoms with Crippen molar-refractivity contribution in [3.05, 3.63) is 96.3 Å². The summed E-state index contributed by atoms with van der Waals surface area (Å²) in [5, 5.41) is 0. The van der Waals surface area contributed by atoms with Gasteiger partial charge in [0.1, 0.15) is 17.8 Å². The van der Waals surface area contributed by atoms with Crippen LogP contribution >= 0.6 is 0 Å². The van der Waals surface area contributed by atoms with Crippen LogP contribution in [0.15, 0.2) is 79.3 Å². The number of hydrogen-bond acceptors (Lipinski definition) is 4. The van der Waals surface area contributed by atoms with Gasteiger partial charge in [-0.15, -0.1) is 0 Å². The number of methoxy groups -OCH3 is 2. The molecule has 0 radical (unpaired) electrons. The lowest BCUT2D eigenvalue weighted by Gasteiger charge is -2.11. The van der Waals surface area contributed by atoms with Gasteiger partial charge in [-0.3, -0.25) is 4.79 Å². The molecule has 0 atom stereocenters. The molecule has 30 heavy (non-hydrogen) atoms. The highest BCUT2D eigenvalue weighted by atomic mass is 19.1. The van der Waals surface area contributed by atoms with Crippen LogP contribution < -0.4 is 9.47 Å². The van der Waals surface area contributed by atoms with E-state index in [1.165, 1.54) is 13.2 Å². The van der Waals surface area contributed by atoms with E-state index in [2.05, 4.69) is 4.98 Å². The van der Waals surface area contributed by atoms with Crippen molar-refractivity contribution in [2.45, 2.75) is 0 Å². The SMILES string of the molecule is COc1ccc(C(=O)c2cn(-c3cccc(-c4cccc(F)c4OC)c3)cn2)cc1. The van der Waals surface area contributed by atoms with Crippen molar-refractivity contribution in [1.82, 2.24) is 9.55 Å². The average molecular weight is 402 g/mol. The third-order valence-corrected chi connectivity index (χ3v) is 4.79. The second-order valence-corrected chi connectivity index (χ2v) is 6.59. The van der Waals surface area contributed by atoms with Crippen LogP contribution in [0.2, 0.25) is 0 Å². The van der Waals surface area contributed by atoms with E-state index >= 15 is 0 Å². The van der Waals surface area contributed by atoms with E-state index < -0.39 is 5.82 Å². The van der Waals surface area contributed by atoms with E-state index in [1.807, 2.05) is 24.3 Å². The van der Waals surface area contributed by atoms with E-state index in [4.69, 9.17) is 9.47 Å². The molecule has 4 rings (SSSR count). The molecule has 5 nitrogen and oxygen atoms in total. The lowest BCUT2D eigenvalue weighted by atomic mass is 10.0. The number of hydrogen-bond donors (Lipinski definition) is 0. The molecule has 0 N–H and O–H groups in total. The zero-order chi connectivity index (χ0) is 21.1. The molecule has 0 saturated heterocycles. The molecule has 0 aliphatic rings. The molecule has 0 saturated carbocycles. The van der Waals surface area contributed by atoms with Crippen LogP contribution in [0.1, 0.15) is 16.1 Å². The molecule has 0 amide bonds. The Morgan fingerprint density at radius 2 is 1.73 bits per heavy atom. The van der Waals surface area contributed by atoms with Crippen LogP contribution in [0.4, 0.5) is 4.39 Å². The fourth-order valence-corrected chi connectivity index (χ4v) is 3.25. The highest BCUT2D eigenvalue weighted by Gasteiger charge is 2.14. The first kappa shape index (κ1) is 19.4. The molecule has 4 aromatic rings. The van der Waals surface area contributed by atoms with Crippen LogP contribution in [0.5, 0.6) is 11.5 Å². The van der Waals surface area contributed by atoms with Crippen LogP contribution in [-0.2, 0) is 0 Å². The van der Waals surface area contributed by atoms with Crippen LogP contribution in [0.25, 0.3) is 16.8 Å². The summed E-state index contributed by atoms with van der Waals surface area (Å²) in [5.74, 6) is 0.270. The Kier molecular flexibility index (Phi) is 5.30. The van der Waals surface area contributed by atoms with Gasteiger partial charge in [-0.25, -0.2) is 9.37 Å². The number of imidazole rings is 1. The van der Waals surface area contributed by atoms with Gasteiger partial charge in [0.15, 0.2) is 11.6 Å². The Morgan fingerprint density at radius 1 is 0.967 bits per heavy atom. The minimum absolute atomic E-state index is 0.181. The maximum absolute atomic E-state index is 14.1. The predicted molar refractivity (Wildman–Crippen MR) is 112 cm³/mol. The highest BCUT2D eigenvalue weighted by Crippen LogP contribution is 2.33. The van der Waals surface area contributed by atoms with Gasteiger partial charge in [-0.1, -0.05) is 24.3 Å². The van der Waals surface area contributed by atoms with Crippen molar-refractivity contribution in [1.29, 1.82) is 0 Å². The molecule has 1 heterocycles. The summed E-state index contributed by atoms with van der Waals surface area (Å²) in [6.07, 6.45) is 3.26. The summed E-state index contributed by atoms with van der Waals surface area (Å²) in [5.41, 5.74) is 3.09. The zero-order valence-electron chi connectivity index (χ0n) is 16.5.